The van der Waals surface area contributed by atoms with E-state index in [0.717, 1.165) is 0 Å². The van der Waals surface area contributed by atoms with Gasteiger partial charge in [0, 0.05) is 12.6 Å². The lowest BCUT2D eigenvalue weighted by Gasteiger charge is -2.15. The molecule has 1 atom stereocenters. The Morgan fingerprint density at radius 2 is 1.92 bits per heavy atom. The zero-order valence-corrected chi connectivity index (χ0v) is 14.1. The lowest BCUT2D eigenvalue weighted by Crippen LogP contribution is -2.46. The Bertz CT molecular complexity index is 576. The molecule has 3 amide bonds. The average Bonchev–Trinajstić information content (AvgIpc) is 2.51. The van der Waals surface area contributed by atoms with Crippen molar-refractivity contribution in [1.82, 2.24) is 15.6 Å². The van der Waals surface area contributed by atoms with E-state index in [-0.39, 0.29) is 11.8 Å². The van der Waals surface area contributed by atoms with E-state index >= 15 is 0 Å². The van der Waals surface area contributed by atoms with Crippen molar-refractivity contribution in [1.29, 1.82) is 0 Å². The van der Waals surface area contributed by atoms with Gasteiger partial charge in [-0.1, -0.05) is 13.8 Å². The van der Waals surface area contributed by atoms with Crippen LogP contribution in [0.5, 0.6) is 5.88 Å². The van der Waals surface area contributed by atoms with Gasteiger partial charge in [-0.2, -0.15) is 13.2 Å². The van der Waals surface area contributed by atoms with Crippen LogP contribution in [0, 0.1) is 5.92 Å². The molecule has 1 rings (SSSR count). The fraction of sp³-hybridized carbons (Fsp3) is 0.533. The topological polar surface area (TPSA) is 92.4 Å². The predicted octanol–water partition coefficient (Wildman–Crippen LogP) is 2.30. The van der Waals surface area contributed by atoms with Crippen LogP contribution < -0.4 is 20.7 Å². The number of anilines is 1. The quantitative estimate of drug-likeness (QED) is 0.692. The van der Waals surface area contributed by atoms with Crippen molar-refractivity contribution in [2.24, 2.45) is 5.92 Å². The lowest BCUT2D eigenvalue weighted by atomic mass is 10.2. The summed E-state index contributed by atoms with van der Waals surface area (Å²) in [5.74, 6) is -0.493. The highest BCUT2D eigenvalue weighted by Crippen LogP contribution is 2.18. The van der Waals surface area contributed by atoms with Crippen LogP contribution in [0.25, 0.3) is 0 Å². The van der Waals surface area contributed by atoms with Crippen molar-refractivity contribution in [2.75, 3.05) is 18.5 Å². The number of alkyl halides is 3. The normalized spacial score (nSPS) is 12.4. The maximum atomic E-state index is 12.0. The van der Waals surface area contributed by atoms with Gasteiger partial charge in [-0.15, -0.1) is 0 Å². The molecule has 0 saturated heterocycles. The van der Waals surface area contributed by atoms with Gasteiger partial charge in [0.2, 0.25) is 11.8 Å². The fourth-order valence-electron chi connectivity index (χ4n) is 1.58. The number of hydrogen-bond acceptors (Lipinski definition) is 5. The van der Waals surface area contributed by atoms with Gasteiger partial charge < -0.3 is 15.4 Å². The lowest BCUT2D eigenvalue weighted by molar-refractivity contribution is -0.154. The van der Waals surface area contributed by atoms with E-state index in [1.54, 1.807) is 0 Å². The van der Waals surface area contributed by atoms with Crippen LogP contribution in [0.3, 0.4) is 0 Å². The molecule has 140 valence electrons. The van der Waals surface area contributed by atoms with Gasteiger partial charge in [0.15, 0.2) is 6.61 Å². The Kier molecular flexibility index (Phi) is 7.46. The van der Waals surface area contributed by atoms with Crippen molar-refractivity contribution in [2.45, 2.75) is 33.0 Å². The summed E-state index contributed by atoms with van der Waals surface area (Å²) in [4.78, 5) is 27.1. The summed E-state index contributed by atoms with van der Waals surface area (Å²) in [6.45, 7) is 4.36. The molecule has 0 bridgehead atoms. The van der Waals surface area contributed by atoms with Crippen molar-refractivity contribution in [3.8, 4) is 5.88 Å². The first-order valence-corrected chi connectivity index (χ1v) is 7.57. The molecule has 1 unspecified atom stereocenters. The molecule has 0 aliphatic rings. The molecule has 1 heterocycles. The Labute approximate surface area is 143 Å². The summed E-state index contributed by atoms with van der Waals surface area (Å²) in [7, 11) is 0. The van der Waals surface area contributed by atoms with Crippen molar-refractivity contribution >= 4 is 17.6 Å². The molecule has 0 spiro atoms. The number of carbonyl (C=O) groups excluding carboxylic acids is 2. The Morgan fingerprint density at radius 1 is 1.24 bits per heavy atom. The summed E-state index contributed by atoms with van der Waals surface area (Å²) < 4.78 is 40.6. The standard InChI is InChI=1S/C15H21F3N4O3/c1-9(2)6-20-14(24)22-13(23)10(3)21-11-4-5-12(19-7-11)25-8-15(16,17)18/h4-5,7,9-10,21H,6,8H2,1-3H3,(H2,20,22,23,24). The highest BCUT2D eigenvalue weighted by Gasteiger charge is 2.28. The van der Waals surface area contributed by atoms with Gasteiger partial charge in [-0.25, -0.2) is 9.78 Å². The van der Waals surface area contributed by atoms with Crippen LogP contribution in [0.1, 0.15) is 20.8 Å². The monoisotopic (exact) mass is 362 g/mol. The Balaban J connectivity index is 2.46. The molecule has 0 fully saturated rings. The molecule has 25 heavy (non-hydrogen) atoms. The van der Waals surface area contributed by atoms with Crippen LogP contribution >= 0.6 is 0 Å². The second-order valence-electron chi connectivity index (χ2n) is 5.75. The number of halogens is 3. The summed E-state index contributed by atoms with van der Waals surface area (Å²) in [5, 5.41) is 7.51. The number of nitrogens with zero attached hydrogens (tertiary/aromatic N) is 1. The number of rotatable bonds is 7. The fourth-order valence-corrected chi connectivity index (χ4v) is 1.58. The van der Waals surface area contributed by atoms with Crippen molar-refractivity contribution in [3.05, 3.63) is 18.3 Å². The van der Waals surface area contributed by atoms with E-state index in [0.29, 0.717) is 12.2 Å². The molecular weight excluding hydrogens is 341 g/mol. The average molecular weight is 362 g/mol. The first-order valence-electron chi connectivity index (χ1n) is 7.57. The number of carbonyl (C=O) groups is 2. The third-order valence-corrected chi connectivity index (χ3v) is 2.80. The minimum atomic E-state index is -4.44. The number of hydrogen-bond donors (Lipinski definition) is 3. The van der Waals surface area contributed by atoms with E-state index in [1.165, 1.54) is 25.3 Å². The van der Waals surface area contributed by atoms with E-state index in [2.05, 4.69) is 25.7 Å². The molecule has 0 radical (unpaired) electrons. The van der Waals surface area contributed by atoms with Crippen molar-refractivity contribution in [3.63, 3.8) is 0 Å². The first kappa shape index (κ1) is 20.5. The van der Waals surface area contributed by atoms with Gasteiger partial charge in [-0.3, -0.25) is 10.1 Å². The Morgan fingerprint density at radius 3 is 2.44 bits per heavy atom. The zero-order chi connectivity index (χ0) is 19.0. The van der Waals surface area contributed by atoms with E-state index < -0.39 is 30.8 Å². The molecule has 1 aromatic rings. The highest BCUT2D eigenvalue weighted by molar-refractivity contribution is 5.97. The largest absolute Gasteiger partial charge is 0.468 e. The van der Waals surface area contributed by atoms with E-state index in [9.17, 15) is 22.8 Å². The molecule has 7 nitrogen and oxygen atoms in total. The minimum absolute atomic E-state index is 0.187. The number of imide groups is 1. The second kappa shape index (κ2) is 9.09. The van der Waals surface area contributed by atoms with Gasteiger partial charge in [0.1, 0.15) is 6.04 Å². The maximum Gasteiger partial charge on any atom is 0.422 e. The SMILES string of the molecule is CC(C)CNC(=O)NC(=O)C(C)Nc1ccc(OCC(F)(F)F)nc1. The summed E-state index contributed by atoms with van der Waals surface area (Å²) in [6.07, 6.45) is -3.21. The van der Waals surface area contributed by atoms with Crippen LogP contribution in [0.4, 0.5) is 23.7 Å². The molecule has 3 N–H and O–H groups in total. The number of pyridine rings is 1. The molecule has 0 aromatic carbocycles. The second-order valence-corrected chi connectivity index (χ2v) is 5.75. The number of amides is 3. The summed E-state index contributed by atoms with van der Waals surface area (Å²) in [6, 6.07) is 1.31. The summed E-state index contributed by atoms with van der Waals surface area (Å²) >= 11 is 0. The van der Waals surface area contributed by atoms with Gasteiger partial charge >= 0.3 is 12.2 Å². The van der Waals surface area contributed by atoms with Crippen LogP contribution in [0.15, 0.2) is 18.3 Å². The number of ether oxygens (including phenoxy) is 1. The number of urea groups is 1. The third-order valence-electron chi connectivity index (χ3n) is 2.80. The molecule has 10 heteroatoms. The number of aromatic nitrogens is 1. The maximum absolute atomic E-state index is 12.0. The molecule has 0 aliphatic heterocycles. The molecule has 1 aromatic heterocycles. The predicted molar refractivity (Wildman–Crippen MR) is 85.3 cm³/mol. The molecular formula is C15H21F3N4O3. The van der Waals surface area contributed by atoms with Crippen LogP contribution in [-0.2, 0) is 4.79 Å². The van der Waals surface area contributed by atoms with Gasteiger partial charge in [0.25, 0.3) is 0 Å². The van der Waals surface area contributed by atoms with E-state index in [1.807, 2.05) is 13.8 Å². The summed E-state index contributed by atoms with van der Waals surface area (Å²) in [5.41, 5.74) is 0.393. The highest BCUT2D eigenvalue weighted by atomic mass is 19.4. The molecule has 0 aliphatic carbocycles. The first-order chi connectivity index (χ1) is 11.6. The number of nitrogens with one attached hydrogen (secondary N) is 3. The van der Waals surface area contributed by atoms with E-state index in [4.69, 9.17) is 0 Å². The smallest absolute Gasteiger partial charge is 0.422 e. The third kappa shape index (κ3) is 8.77. The minimum Gasteiger partial charge on any atom is -0.468 e. The van der Waals surface area contributed by atoms with Crippen molar-refractivity contribution < 1.29 is 27.5 Å². The van der Waals surface area contributed by atoms with Gasteiger partial charge in [-0.05, 0) is 18.9 Å². The molecule has 0 saturated carbocycles. The van der Waals surface area contributed by atoms with Gasteiger partial charge in [0.05, 0.1) is 11.9 Å². The zero-order valence-electron chi connectivity index (χ0n) is 14.1. The van der Waals surface area contributed by atoms with Crippen LogP contribution in [-0.4, -0.2) is 42.3 Å². The Hall–Kier alpha value is -2.52. The van der Waals surface area contributed by atoms with Crippen LogP contribution in [0.2, 0.25) is 0 Å².